The van der Waals surface area contributed by atoms with E-state index in [1.165, 1.54) is 22.3 Å². The van der Waals surface area contributed by atoms with E-state index < -0.39 is 11.6 Å². The van der Waals surface area contributed by atoms with Gasteiger partial charge in [0, 0.05) is 5.92 Å². The van der Waals surface area contributed by atoms with Gasteiger partial charge in [-0.2, -0.15) is 0 Å². The lowest BCUT2D eigenvalue weighted by Crippen LogP contribution is -2.57. The molecule has 0 saturated heterocycles. The van der Waals surface area contributed by atoms with E-state index in [9.17, 15) is 4.79 Å². The number of carbonyl (C=O) groups is 1. The number of ether oxygens (including phenoxy) is 1. The molecule has 26 heavy (non-hydrogen) atoms. The largest absolute Gasteiger partial charge is 0.462 e. The highest BCUT2D eigenvalue weighted by Crippen LogP contribution is 2.44. The van der Waals surface area contributed by atoms with Gasteiger partial charge < -0.3 is 16.2 Å². The molecule has 1 aliphatic rings. The molecule has 0 heterocycles. The molecule has 0 spiro atoms. The van der Waals surface area contributed by atoms with Gasteiger partial charge in [-0.1, -0.05) is 74.7 Å². The summed E-state index contributed by atoms with van der Waals surface area (Å²) in [6, 6.07) is 16.5. The molecule has 2 aromatic carbocycles. The smallest absolute Gasteiger partial charge is 0.340 e. The van der Waals surface area contributed by atoms with Crippen LogP contribution in [0.4, 0.5) is 0 Å². The van der Waals surface area contributed by atoms with Gasteiger partial charge in [0.25, 0.3) is 0 Å². The van der Waals surface area contributed by atoms with E-state index in [4.69, 9.17) is 16.2 Å². The van der Waals surface area contributed by atoms with Crippen LogP contribution in [-0.2, 0) is 9.53 Å². The zero-order valence-electron chi connectivity index (χ0n) is 15.4. The van der Waals surface area contributed by atoms with Crippen molar-refractivity contribution in [3.63, 3.8) is 0 Å². The van der Waals surface area contributed by atoms with Crippen molar-refractivity contribution in [3.8, 4) is 11.1 Å². The summed E-state index contributed by atoms with van der Waals surface area (Å²) in [5.41, 5.74) is 15.4. The van der Waals surface area contributed by atoms with Crippen LogP contribution in [0.15, 0.2) is 48.5 Å². The molecule has 4 nitrogen and oxygen atoms in total. The molecule has 3 rings (SSSR count). The van der Waals surface area contributed by atoms with E-state index in [1.807, 2.05) is 24.3 Å². The van der Waals surface area contributed by atoms with Gasteiger partial charge in [-0.25, -0.2) is 4.79 Å². The number of rotatable bonds is 8. The standard InChI is InChI=1S/C22H28N2O2/c1-2-3-4-9-14-22(23,24)21(25)26-15-20-18-12-7-5-10-16(18)17-11-6-8-13-19(17)20/h5-8,10-13,20H,2-4,9,14-15,23-24H2,1H3. The minimum atomic E-state index is -1.41. The van der Waals surface area contributed by atoms with Crippen molar-refractivity contribution in [2.24, 2.45) is 11.5 Å². The Kier molecular flexibility index (Phi) is 5.74. The van der Waals surface area contributed by atoms with Crippen molar-refractivity contribution in [1.82, 2.24) is 0 Å². The minimum absolute atomic E-state index is 0.0299. The number of unbranched alkanes of at least 4 members (excludes halogenated alkanes) is 3. The van der Waals surface area contributed by atoms with Crippen molar-refractivity contribution >= 4 is 5.97 Å². The van der Waals surface area contributed by atoms with Crippen molar-refractivity contribution in [2.75, 3.05) is 6.61 Å². The molecule has 0 unspecified atom stereocenters. The number of nitrogens with two attached hydrogens (primary N) is 2. The summed E-state index contributed by atoms with van der Waals surface area (Å²) in [6.45, 7) is 2.40. The van der Waals surface area contributed by atoms with E-state index in [2.05, 4.69) is 31.2 Å². The molecule has 4 heteroatoms. The lowest BCUT2D eigenvalue weighted by Gasteiger charge is -2.24. The Balaban J connectivity index is 1.67. The second kappa shape index (κ2) is 8.02. The van der Waals surface area contributed by atoms with Crippen LogP contribution in [0.25, 0.3) is 11.1 Å². The summed E-state index contributed by atoms with van der Waals surface area (Å²) in [5.74, 6) is -0.488. The van der Waals surface area contributed by atoms with Crippen molar-refractivity contribution in [1.29, 1.82) is 0 Å². The SMILES string of the molecule is CCCCCCC(N)(N)C(=O)OCC1c2ccccc2-c2ccccc21. The van der Waals surface area contributed by atoms with Crippen LogP contribution in [0.1, 0.15) is 56.1 Å². The van der Waals surface area contributed by atoms with Crippen LogP contribution in [0, 0.1) is 0 Å². The number of hydrogen-bond donors (Lipinski definition) is 2. The van der Waals surface area contributed by atoms with Gasteiger partial charge in [0.15, 0.2) is 5.66 Å². The number of fused-ring (bicyclic) bond motifs is 3. The summed E-state index contributed by atoms with van der Waals surface area (Å²) in [5, 5.41) is 0. The third-order valence-electron chi connectivity index (χ3n) is 5.17. The third-order valence-corrected chi connectivity index (χ3v) is 5.17. The van der Waals surface area contributed by atoms with Gasteiger partial charge in [-0.05, 0) is 35.1 Å². The van der Waals surface area contributed by atoms with Crippen LogP contribution >= 0.6 is 0 Å². The Bertz CT molecular complexity index is 725. The van der Waals surface area contributed by atoms with Crippen LogP contribution in [-0.4, -0.2) is 18.2 Å². The Morgan fingerprint density at radius 2 is 1.54 bits per heavy atom. The van der Waals surface area contributed by atoms with E-state index in [0.717, 1.165) is 25.7 Å². The van der Waals surface area contributed by atoms with Gasteiger partial charge in [-0.15, -0.1) is 0 Å². The normalized spacial score (nSPS) is 13.3. The van der Waals surface area contributed by atoms with E-state index in [1.54, 1.807) is 0 Å². The number of benzene rings is 2. The Hall–Kier alpha value is -2.17. The highest BCUT2D eigenvalue weighted by molar-refractivity contribution is 5.81. The molecule has 0 atom stereocenters. The fourth-order valence-electron chi connectivity index (χ4n) is 3.68. The molecule has 1 aliphatic carbocycles. The monoisotopic (exact) mass is 352 g/mol. The van der Waals surface area contributed by atoms with Crippen LogP contribution in [0.5, 0.6) is 0 Å². The molecule has 0 aliphatic heterocycles. The lowest BCUT2D eigenvalue weighted by molar-refractivity contribution is -0.150. The lowest BCUT2D eigenvalue weighted by atomic mass is 9.98. The molecule has 0 saturated carbocycles. The summed E-state index contributed by atoms with van der Waals surface area (Å²) in [7, 11) is 0. The molecule has 0 amide bonds. The fraction of sp³-hybridized carbons (Fsp3) is 0.409. The van der Waals surface area contributed by atoms with Crippen LogP contribution < -0.4 is 11.5 Å². The quantitative estimate of drug-likeness (QED) is 0.429. The Morgan fingerprint density at radius 1 is 0.962 bits per heavy atom. The topological polar surface area (TPSA) is 78.3 Å². The molecule has 0 radical (unpaired) electrons. The molecule has 138 valence electrons. The number of carbonyl (C=O) groups excluding carboxylic acids is 1. The average Bonchev–Trinajstić information content (AvgIpc) is 2.97. The zero-order valence-corrected chi connectivity index (χ0v) is 15.4. The predicted octanol–water partition coefficient (Wildman–Crippen LogP) is 3.93. The van der Waals surface area contributed by atoms with Gasteiger partial charge in [-0.3, -0.25) is 0 Å². The number of esters is 1. The molecule has 0 bridgehead atoms. The first-order valence-corrected chi connectivity index (χ1v) is 9.48. The van der Waals surface area contributed by atoms with E-state index in [0.29, 0.717) is 6.42 Å². The summed E-state index contributed by atoms with van der Waals surface area (Å²) in [6.07, 6.45) is 4.58. The second-order valence-corrected chi connectivity index (χ2v) is 7.18. The maximum absolute atomic E-state index is 12.4. The molecule has 0 fully saturated rings. The van der Waals surface area contributed by atoms with E-state index >= 15 is 0 Å². The van der Waals surface area contributed by atoms with Crippen LogP contribution in [0.2, 0.25) is 0 Å². The minimum Gasteiger partial charge on any atom is -0.462 e. The van der Waals surface area contributed by atoms with Crippen molar-refractivity contribution in [3.05, 3.63) is 59.7 Å². The van der Waals surface area contributed by atoms with Gasteiger partial charge in [0.2, 0.25) is 0 Å². The summed E-state index contributed by atoms with van der Waals surface area (Å²) in [4.78, 5) is 12.4. The van der Waals surface area contributed by atoms with Crippen molar-refractivity contribution < 1.29 is 9.53 Å². The average molecular weight is 352 g/mol. The second-order valence-electron chi connectivity index (χ2n) is 7.18. The van der Waals surface area contributed by atoms with Crippen molar-refractivity contribution in [2.45, 2.75) is 50.6 Å². The molecular weight excluding hydrogens is 324 g/mol. The van der Waals surface area contributed by atoms with Gasteiger partial charge in [0.1, 0.15) is 6.61 Å². The summed E-state index contributed by atoms with van der Waals surface area (Å²) < 4.78 is 5.57. The fourth-order valence-corrected chi connectivity index (χ4v) is 3.68. The highest BCUT2D eigenvalue weighted by atomic mass is 16.5. The Morgan fingerprint density at radius 3 is 2.12 bits per heavy atom. The first kappa shape index (κ1) is 18.6. The summed E-state index contributed by atoms with van der Waals surface area (Å²) >= 11 is 0. The first-order chi connectivity index (χ1) is 12.5. The maximum Gasteiger partial charge on any atom is 0.340 e. The molecule has 4 N–H and O–H groups in total. The molecule has 0 aromatic heterocycles. The van der Waals surface area contributed by atoms with E-state index in [-0.39, 0.29) is 12.5 Å². The van der Waals surface area contributed by atoms with Crippen LogP contribution in [0.3, 0.4) is 0 Å². The predicted molar refractivity (Wildman–Crippen MR) is 105 cm³/mol. The third kappa shape index (κ3) is 3.81. The first-order valence-electron chi connectivity index (χ1n) is 9.48. The highest BCUT2D eigenvalue weighted by Gasteiger charge is 2.33. The molecule has 2 aromatic rings. The maximum atomic E-state index is 12.4. The molecular formula is C22H28N2O2. The number of hydrogen-bond acceptors (Lipinski definition) is 4. The van der Waals surface area contributed by atoms with Gasteiger partial charge >= 0.3 is 5.97 Å². The Labute approximate surface area is 155 Å². The zero-order chi connectivity index (χ0) is 18.6. The van der Waals surface area contributed by atoms with Gasteiger partial charge in [0.05, 0.1) is 0 Å².